The van der Waals surface area contributed by atoms with E-state index in [4.69, 9.17) is 9.97 Å². The summed E-state index contributed by atoms with van der Waals surface area (Å²) in [6.45, 7) is 12.4. The van der Waals surface area contributed by atoms with Crippen molar-refractivity contribution in [2.45, 2.75) is 86.0 Å². The third kappa shape index (κ3) is 10.6. The standard InChI is InChI=1S/C56H55N5S2/c1-6-7-8-13-30-61(45-26-22-39(23-27-45)18-20-41-31-43(35-55(2,3)33-41)47(37-57)53-59-49-14-9-11-16-51(49)62-53)46-28-24-40(25-29-46)19-21-42-32-44(36-56(4,5)34-42)48(38-58)54-60-50-15-10-12-17-52(50)63-54/h9-12,14-29,31-32H,6-8,13,30,33-36H2,1-5H3/b20-18+,21-19+,47-43+,48-44+. The molecule has 63 heavy (non-hydrogen) atoms. The van der Waals surface area contributed by atoms with Crippen molar-refractivity contribution < 1.29 is 0 Å². The molecule has 2 aromatic heterocycles. The van der Waals surface area contributed by atoms with E-state index in [1.807, 2.05) is 36.4 Å². The monoisotopic (exact) mass is 861 g/mol. The summed E-state index contributed by atoms with van der Waals surface area (Å²) in [6, 6.07) is 39.0. The lowest BCUT2D eigenvalue weighted by Gasteiger charge is -2.31. The number of para-hydroxylation sites is 2. The Bertz CT molecular complexity index is 2640. The van der Waals surface area contributed by atoms with Crippen LogP contribution < -0.4 is 4.90 Å². The van der Waals surface area contributed by atoms with Crippen LogP contribution in [0.2, 0.25) is 0 Å². The van der Waals surface area contributed by atoms with Crippen LogP contribution in [0.1, 0.15) is 107 Å². The molecule has 2 aliphatic rings. The number of fused-ring (bicyclic) bond motifs is 2. The van der Waals surface area contributed by atoms with Gasteiger partial charge >= 0.3 is 0 Å². The van der Waals surface area contributed by atoms with Gasteiger partial charge in [0.1, 0.15) is 22.2 Å². The van der Waals surface area contributed by atoms with Crippen molar-refractivity contribution in [3.8, 4) is 12.1 Å². The highest BCUT2D eigenvalue weighted by molar-refractivity contribution is 7.20. The Balaban J connectivity index is 1.00. The zero-order valence-electron chi connectivity index (χ0n) is 37.1. The van der Waals surface area contributed by atoms with E-state index in [2.05, 4.69) is 149 Å². The predicted molar refractivity (Wildman–Crippen MR) is 269 cm³/mol. The Morgan fingerprint density at radius 1 is 0.587 bits per heavy atom. The number of hydrogen-bond donors (Lipinski definition) is 0. The van der Waals surface area contributed by atoms with E-state index in [1.165, 1.54) is 41.8 Å². The summed E-state index contributed by atoms with van der Waals surface area (Å²) < 4.78 is 2.21. The molecule has 0 spiro atoms. The fraction of sp³-hybridized carbons (Fsp3) is 0.286. The minimum Gasteiger partial charge on any atom is -0.341 e. The number of nitriles is 2. The van der Waals surface area contributed by atoms with E-state index in [0.29, 0.717) is 11.1 Å². The second kappa shape index (κ2) is 19.1. The number of allylic oxidation sites excluding steroid dienone is 10. The molecule has 0 N–H and O–H groups in total. The Labute approximate surface area is 381 Å². The van der Waals surface area contributed by atoms with E-state index < -0.39 is 0 Å². The summed E-state index contributed by atoms with van der Waals surface area (Å²) in [6.07, 6.45) is 21.6. The van der Waals surface area contributed by atoms with E-state index in [9.17, 15) is 10.5 Å². The van der Waals surface area contributed by atoms with Gasteiger partial charge in [0.25, 0.3) is 0 Å². The van der Waals surface area contributed by atoms with Crippen molar-refractivity contribution in [3.05, 3.63) is 165 Å². The fourth-order valence-corrected chi connectivity index (χ4v) is 11.0. The lowest BCUT2D eigenvalue weighted by Crippen LogP contribution is -2.18. The summed E-state index contributed by atoms with van der Waals surface area (Å²) in [5.41, 5.74) is 12.5. The van der Waals surface area contributed by atoms with Gasteiger partial charge in [0.05, 0.1) is 31.6 Å². The van der Waals surface area contributed by atoms with Gasteiger partial charge in [-0.05, 0) is 125 Å². The first-order valence-corrected chi connectivity index (χ1v) is 23.9. The summed E-state index contributed by atoms with van der Waals surface area (Å²) >= 11 is 3.19. The quantitative estimate of drug-likeness (QED) is 0.0854. The molecule has 2 heterocycles. The first kappa shape index (κ1) is 43.5. The van der Waals surface area contributed by atoms with Gasteiger partial charge in [-0.15, -0.1) is 22.7 Å². The van der Waals surface area contributed by atoms with Gasteiger partial charge in [-0.3, -0.25) is 0 Å². The van der Waals surface area contributed by atoms with Crippen LogP contribution in [0, 0.1) is 33.5 Å². The van der Waals surface area contributed by atoms with Gasteiger partial charge in [0, 0.05) is 17.9 Å². The SMILES string of the molecule is CCCCCCN(c1ccc(/C=C/C2=CC(=C(/C#N)c3nc4ccccc4s3)/CC(C)(C)C2)cc1)c1ccc(/C=C/C2=CC(=C(/C#N)c3nc4ccccc4s3)/CC(C)(C)C2)cc1. The molecule has 7 heteroatoms. The number of nitrogens with zero attached hydrogens (tertiary/aromatic N) is 5. The van der Waals surface area contributed by atoms with Crippen LogP contribution in [-0.4, -0.2) is 16.5 Å². The molecule has 0 saturated carbocycles. The van der Waals surface area contributed by atoms with E-state index in [0.717, 1.165) is 91.4 Å². The average Bonchev–Trinajstić information content (AvgIpc) is 3.90. The van der Waals surface area contributed by atoms with Crippen molar-refractivity contribution >= 4 is 77.8 Å². The van der Waals surface area contributed by atoms with Gasteiger partial charge in [-0.25, -0.2) is 9.97 Å². The van der Waals surface area contributed by atoms with Crippen molar-refractivity contribution in [2.24, 2.45) is 10.8 Å². The smallest absolute Gasteiger partial charge is 0.135 e. The van der Waals surface area contributed by atoms with Gasteiger partial charge in [0.2, 0.25) is 0 Å². The summed E-state index contributed by atoms with van der Waals surface area (Å²) in [5, 5.41) is 22.3. The second-order valence-electron chi connectivity index (χ2n) is 18.5. The third-order valence-corrected chi connectivity index (χ3v) is 14.0. The van der Waals surface area contributed by atoms with Crippen LogP contribution in [0.15, 0.2) is 144 Å². The molecular weight excluding hydrogens is 807 g/mol. The highest BCUT2D eigenvalue weighted by Crippen LogP contribution is 2.44. The number of anilines is 2. The number of benzene rings is 4. The van der Waals surface area contributed by atoms with Crippen LogP contribution in [-0.2, 0) is 0 Å². The number of rotatable bonds is 13. The summed E-state index contributed by atoms with van der Waals surface area (Å²) in [4.78, 5) is 12.1. The number of aromatic nitrogens is 2. The molecule has 8 rings (SSSR count). The molecule has 2 aliphatic carbocycles. The second-order valence-corrected chi connectivity index (χ2v) is 20.6. The minimum absolute atomic E-state index is 0.0291. The lowest BCUT2D eigenvalue weighted by molar-refractivity contribution is 0.355. The molecule has 0 amide bonds. The molecule has 0 bridgehead atoms. The normalized spacial score (nSPS) is 17.7. The van der Waals surface area contributed by atoms with Gasteiger partial charge in [-0.1, -0.05) is 139 Å². The van der Waals surface area contributed by atoms with Crippen LogP contribution in [0.4, 0.5) is 11.4 Å². The Morgan fingerprint density at radius 3 is 1.44 bits per heavy atom. The van der Waals surface area contributed by atoms with Crippen molar-refractivity contribution in [1.82, 2.24) is 9.97 Å². The van der Waals surface area contributed by atoms with Crippen LogP contribution in [0.3, 0.4) is 0 Å². The van der Waals surface area contributed by atoms with E-state index in [1.54, 1.807) is 22.7 Å². The molecule has 6 aromatic rings. The van der Waals surface area contributed by atoms with Gasteiger partial charge < -0.3 is 4.90 Å². The highest BCUT2D eigenvalue weighted by atomic mass is 32.1. The van der Waals surface area contributed by atoms with Crippen LogP contribution in [0.25, 0.3) is 43.7 Å². The topological polar surface area (TPSA) is 76.6 Å². The third-order valence-electron chi connectivity index (χ3n) is 11.9. The predicted octanol–water partition coefficient (Wildman–Crippen LogP) is 16.1. The number of thiazole rings is 2. The summed E-state index contributed by atoms with van der Waals surface area (Å²) in [5.74, 6) is 0. The molecule has 5 nitrogen and oxygen atoms in total. The van der Waals surface area contributed by atoms with E-state index in [-0.39, 0.29) is 10.8 Å². The largest absolute Gasteiger partial charge is 0.341 e. The lowest BCUT2D eigenvalue weighted by atomic mass is 9.74. The van der Waals surface area contributed by atoms with Gasteiger partial charge in [0.15, 0.2) is 0 Å². The Kier molecular flexibility index (Phi) is 13.2. The van der Waals surface area contributed by atoms with E-state index >= 15 is 0 Å². The fourth-order valence-electron chi connectivity index (χ4n) is 8.96. The maximum Gasteiger partial charge on any atom is 0.135 e. The highest BCUT2D eigenvalue weighted by Gasteiger charge is 2.29. The van der Waals surface area contributed by atoms with Crippen LogP contribution in [0.5, 0.6) is 0 Å². The molecule has 0 radical (unpaired) electrons. The maximum atomic E-state index is 10.3. The number of unbranched alkanes of at least 4 members (excludes halogenated alkanes) is 3. The first-order valence-electron chi connectivity index (χ1n) is 22.2. The van der Waals surface area contributed by atoms with Crippen molar-refractivity contribution in [3.63, 3.8) is 0 Å². The molecule has 0 unspecified atom stereocenters. The molecule has 4 aromatic carbocycles. The number of hydrogen-bond acceptors (Lipinski definition) is 7. The molecule has 0 fully saturated rings. The Hall–Kier alpha value is -6.12. The first-order chi connectivity index (χ1) is 30.5. The van der Waals surface area contributed by atoms with Crippen molar-refractivity contribution in [1.29, 1.82) is 10.5 Å². The molecule has 0 aliphatic heterocycles. The molecule has 0 atom stereocenters. The van der Waals surface area contributed by atoms with Crippen LogP contribution >= 0.6 is 22.7 Å². The summed E-state index contributed by atoms with van der Waals surface area (Å²) in [7, 11) is 0. The average molecular weight is 862 g/mol. The minimum atomic E-state index is 0.0291. The molecule has 0 saturated heterocycles. The van der Waals surface area contributed by atoms with Gasteiger partial charge in [-0.2, -0.15) is 10.5 Å². The molecular formula is C56H55N5S2. The Morgan fingerprint density at radius 2 is 1.03 bits per heavy atom. The zero-order valence-corrected chi connectivity index (χ0v) is 38.8. The molecule has 316 valence electrons. The zero-order chi connectivity index (χ0) is 44.0. The van der Waals surface area contributed by atoms with Crippen molar-refractivity contribution in [2.75, 3.05) is 11.4 Å². The maximum absolute atomic E-state index is 10.3.